The molecule has 0 saturated carbocycles. The number of aliphatic carboxylic acids is 1. The summed E-state index contributed by atoms with van der Waals surface area (Å²) in [5.41, 5.74) is 0.236. The fourth-order valence-corrected chi connectivity index (χ4v) is 3.59. The standard InChI is InChI=1S/C18H24N4O4.C2HF3O2/c1-14-3-4-16(26-14)9-21-5-6-24-13-18(11-21)12-22(17(23)10-25-18)15-7-19-20(2)8-15;3-2(4,5)1(6)7/h3-4,7-8H,5-6,9-13H2,1-2H3;(H,6,7). The molecule has 4 rings (SSSR count). The summed E-state index contributed by atoms with van der Waals surface area (Å²) in [6.07, 6.45) is -1.53. The van der Waals surface area contributed by atoms with Crippen LogP contribution in [-0.4, -0.2) is 82.9 Å². The van der Waals surface area contributed by atoms with Crippen LogP contribution in [0, 0.1) is 6.92 Å². The Kier molecular flexibility index (Phi) is 7.44. The van der Waals surface area contributed by atoms with Crippen molar-refractivity contribution in [2.75, 3.05) is 44.4 Å². The van der Waals surface area contributed by atoms with Crippen molar-refractivity contribution in [2.45, 2.75) is 25.2 Å². The first-order valence-corrected chi connectivity index (χ1v) is 10.1. The molecule has 0 bridgehead atoms. The molecule has 182 valence electrons. The van der Waals surface area contributed by atoms with Crippen LogP contribution in [0.3, 0.4) is 0 Å². The van der Waals surface area contributed by atoms with Gasteiger partial charge in [-0.15, -0.1) is 0 Å². The molecule has 33 heavy (non-hydrogen) atoms. The number of furan rings is 1. The van der Waals surface area contributed by atoms with Crippen LogP contribution in [0.25, 0.3) is 0 Å². The zero-order chi connectivity index (χ0) is 24.2. The molecule has 2 aromatic rings. The quantitative estimate of drug-likeness (QED) is 0.714. The fraction of sp³-hybridized carbons (Fsp3) is 0.550. The summed E-state index contributed by atoms with van der Waals surface area (Å²) < 4.78 is 51.0. The molecule has 1 spiro atoms. The van der Waals surface area contributed by atoms with Crippen molar-refractivity contribution >= 4 is 17.6 Å². The van der Waals surface area contributed by atoms with Crippen molar-refractivity contribution in [3.8, 4) is 0 Å². The van der Waals surface area contributed by atoms with E-state index in [0.717, 1.165) is 23.8 Å². The van der Waals surface area contributed by atoms with Crippen LogP contribution in [0.2, 0.25) is 0 Å². The molecule has 2 fully saturated rings. The van der Waals surface area contributed by atoms with Crippen LogP contribution in [-0.2, 0) is 32.7 Å². The fourth-order valence-electron chi connectivity index (χ4n) is 3.59. The lowest BCUT2D eigenvalue weighted by Crippen LogP contribution is -2.60. The van der Waals surface area contributed by atoms with E-state index in [1.807, 2.05) is 32.3 Å². The Morgan fingerprint density at radius 2 is 2.03 bits per heavy atom. The van der Waals surface area contributed by atoms with Crippen molar-refractivity contribution < 1.29 is 41.8 Å². The van der Waals surface area contributed by atoms with Gasteiger partial charge in [0.1, 0.15) is 23.7 Å². The van der Waals surface area contributed by atoms with Crippen LogP contribution < -0.4 is 4.90 Å². The van der Waals surface area contributed by atoms with Gasteiger partial charge in [-0.05, 0) is 19.1 Å². The SMILES string of the molecule is Cc1ccc(CN2CCOCC3(C2)CN(c2cnn(C)c2)C(=O)CO3)o1.O=C(O)C(F)(F)F. The van der Waals surface area contributed by atoms with Gasteiger partial charge in [0.2, 0.25) is 0 Å². The molecule has 2 aliphatic rings. The Morgan fingerprint density at radius 1 is 1.30 bits per heavy atom. The summed E-state index contributed by atoms with van der Waals surface area (Å²) in [7, 11) is 1.84. The maximum atomic E-state index is 12.4. The van der Waals surface area contributed by atoms with Crippen LogP contribution in [0.1, 0.15) is 11.5 Å². The molecule has 2 aliphatic heterocycles. The van der Waals surface area contributed by atoms with E-state index in [9.17, 15) is 18.0 Å². The number of carbonyl (C=O) groups is 2. The summed E-state index contributed by atoms with van der Waals surface area (Å²) in [5, 5.41) is 11.3. The van der Waals surface area contributed by atoms with Crippen LogP contribution in [0.15, 0.2) is 28.9 Å². The lowest BCUT2D eigenvalue weighted by molar-refractivity contribution is -0.192. The van der Waals surface area contributed by atoms with Crippen LogP contribution in [0.5, 0.6) is 0 Å². The number of anilines is 1. The highest BCUT2D eigenvalue weighted by Gasteiger charge is 2.43. The van der Waals surface area contributed by atoms with Gasteiger partial charge in [-0.25, -0.2) is 4.79 Å². The van der Waals surface area contributed by atoms with E-state index in [-0.39, 0.29) is 12.5 Å². The molecule has 2 saturated heterocycles. The average molecular weight is 474 g/mol. The molecule has 0 radical (unpaired) electrons. The van der Waals surface area contributed by atoms with E-state index < -0.39 is 17.7 Å². The third kappa shape index (κ3) is 6.55. The lowest BCUT2D eigenvalue weighted by atomic mass is 10.0. The molecule has 1 N–H and O–H groups in total. The normalized spacial score (nSPS) is 22.1. The summed E-state index contributed by atoms with van der Waals surface area (Å²) in [5.74, 6) is -0.979. The highest BCUT2D eigenvalue weighted by atomic mass is 19.4. The van der Waals surface area contributed by atoms with Crippen molar-refractivity contribution in [3.05, 3.63) is 36.0 Å². The Balaban J connectivity index is 0.000000383. The molecule has 1 atom stereocenters. The number of aryl methyl sites for hydroxylation is 2. The third-order valence-electron chi connectivity index (χ3n) is 5.10. The van der Waals surface area contributed by atoms with E-state index in [1.54, 1.807) is 15.8 Å². The van der Waals surface area contributed by atoms with Gasteiger partial charge in [0.15, 0.2) is 0 Å². The van der Waals surface area contributed by atoms with Crippen molar-refractivity contribution in [1.29, 1.82) is 0 Å². The molecule has 1 unspecified atom stereocenters. The molecule has 1 amide bonds. The minimum absolute atomic E-state index is 0.0476. The lowest BCUT2D eigenvalue weighted by Gasteiger charge is -2.42. The summed E-state index contributed by atoms with van der Waals surface area (Å²) in [6.45, 7) is 5.71. The van der Waals surface area contributed by atoms with Gasteiger partial charge in [0.05, 0.1) is 38.2 Å². The van der Waals surface area contributed by atoms with E-state index in [1.165, 1.54) is 0 Å². The Labute approximate surface area is 187 Å². The van der Waals surface area contributed by atoms with Gasteiger partial charge >= 0.3 is 12.1 Å². The summed E-state index contributed by atoms with van der Waals surface area (Å²) in [4.78, 5) is 25.3. The second kappa shape index (κ2) is 9.93. The number of halogens is 3. The predicted octanol–water partition coefficient (Wildman–Crippen LogP) is 1.59. The first-order chi connectivity index (χ1) is 15.5. The number of morpholine rings is 1. The smallest absolute Gasteiger partial charge is 0.475 e. The first-order valence-electron chi connectivity index (χ1n) is 10.1. The Bertz CT molecular complexity index is 975. The number of carboxylic acids is 1. The number of hydrogen-bond acceptors (Lipinski definition) is 7. The number of rotatable bonds is 3. The number of amides is 1. The Hall–Kier alpha value is -2.90. The monoisotopic (exact) mass is 474 g/mol. The van der Waals surface area contributed by atoms with E-state index in [4.69, 9.17) is 23.8 Å². The topological polar surface area (TPSA) is 110 Å². The Morgan fingerprint density at radius 3 is 2.61 bits per heavy atom. The van der Waals surface area contributed by atoms with Gasteiger partial charge in [0, 0.05) is 26.3 Å². The van der Waals surface area contributed by atoms with Crippen LogP contribution >= 0.6 is 0 Å². The second-order valence-electron chi connectivity index (χ2n) is 7.90. The van der Waals surface area contributed by atoms with Gasteiger partial charge in [-0.1, -0.05) is 0 Å². The molecular formula is C20H25F3N4O6. The molecule has 2 aromatic heterocycles. The maximum absolute atomic E-state index is 12.4. The van der Waals surface area contributed by atoms with Crippen molar-refractivity contribution in [2.24, 2.45) is 7.05 Å². The number of alkyl halides is 3. The number of ether oxygens (including phenoxy) is 2. The summed E-state index contributed by atoms with van der Waals surface area (Å²) in [6, 6.07) is 3.97. The highest BCUT2D eigenvalue weighted by Crippen LogP contribution is 2.27. The zero-order valence-electron chi connectivity index (χ0n) is 18.2. The molecule has 0 aromatic carbocycles. The maximum Gasteiger partial charge on any atom is 0.490 e. The highest BCUT2D eigenvalue weighted by molar-refractivity contribution is 5.95. The average Bonchev–Trinajstić information content (AvgIpc) is 3.29. The van der Waals surface area contributed by atoms with E-state index >= 15 is 0 Å². The van der Waals surface area contributed by atoms with Gasteiger partial charge in [-0.3, -0.25) is 14.4 Å². The van der Waals surface area contributed by atoms with Gasteiger partial charge in [0.25, 0.3) is 5.91 Å². The second-order valence-corrected chi connectivity index (χ2v) is 7.90. The van der Waals surface area contributed by atoms with Crippen molar-refractivity contribution in [3.63, 3.8) is 0 Å². The number of carboxylic acid groups (broad SMARTS) is 1. The number of nitrogens with zero attached hydrogens (tertiary/aromatic N) is 4. The van der Waals surface area contributed by atoms with Gasteiger partial charge in [-0.2, -0.15) is 18.3 Å². The number of aromatic nitrogens is 2. The zero-order valence-corrected chi connectivity index (χ0v) is 18.2. The van der Waals surface area contributed by atoms with E-state index in [0.29, 0.717) is 32.8 Å². The molecule has 0 aliphatic carbocycles. The first kappa shape index (κ1) is 24.7. The molecule has 13 heteroatoms. The molecule has 4 heterocycles. The van der Waals surface area contributed by atoms with Gasteiger partial charge < -0.3 is 23.9 Å². The minimum Gasteiger partial charge on any atom is -0.475 e. The summed E-state index contributed by atoms with van der Waals surface area (Å²) >= 11 is 0. The molecule has 10 nitrogen and oxygen atoms in total. The third-order valence-corrected chi connectivity index (χ3v) is 5.10. The van der Waals surface area contributed by atoms with Crippen LogP contribution in [0.4, 0.5) is 18.9 Å². The number of hydrogen-bond donors (Lipinski definition) is 1. The largest absolute Gasteiger partial charge is 0.490 e. The minimum atomic E-state index is -5.08. The predicted molar refractivity (Wildman–Crippen MR) is 107 cm³/mol. The van der Waals surface area contributed by atoms with Crippen molar-refractivity contribution in [1.82, 2.24) is 14.7 Å². The van der Waals surface area contributed by atoms with E-state index in [2.05, 4.69) is 10.00 Å². The molecular weight excluding hydrogens is 449 g/mol. The number of carbonyl (C=O) groups excluding carboxylic acids is 1.